The minimum atomic E-state index is -0.742. The maximum atomic E-state index is 11.7. The Balaban J connectivity index is 2.43. The van der Waals surface area contributed by atoms with Crippen LogP contribution in [0.4, 0.5) is 0 Å². The number of carbonyl (C=O) groups is 1. The number of carbonyl (C=O) groups excluding carboxylic acids is 1. The Morgan fingerprint density at radius 3 is 2.48 bits per heavy atom. The molecule has 1 fully saturated rings. The van der Waals surface area contributed by atoms with Crippen molar-refractivity contribution in [1.82, 2.24) is 5.32 Å². The summed E-state index contributed by atoms with van der Waals surface area (Å²) in [5, 5.41) is 22.6. The Morgan fingerprint density at radius 2 is 1.86 bits per heavy atom. The molecule has 21 heavy (non-hydrogen) atoms. The fraction of sp³-hybridized carbons (Fsp3) is 0.588. The van der Waals surface area contributed by atoms with E-state index in [0.717, 1.165) is 32.1 Å². The van der Waals surface area contributed by atoms with Gasteiger partial charge in [0.25, 0.3) is 0 Å². The molecule has 1 aliphatic carbocycles. The normalized spacial score (nSPS) is 20.3. The van der Waals surface area contributed by atoms with E-state index in [1.807, 2.05) is 25.2 Å². The zero-order valence-corrected chi connectivity index (χ0v) is 12.8. The number of rotatable bonds is 7. The van der Waals surface area contributed by atoms with Crippen molar-refractivity contribution in [1.29, 1.82) is 0 Å². The molecule has 1 unspecified atom stereocenters. The van der Waals surface area contributed by atoms with Crippen molar-refractivity contribution in [3.63, 3.8) is 0 Å². The summed E-state index contributed by atoms with van der Waals surface area (Å²) in [6, 6.07) is -0.398. The van der Waals surface area contributed by atoms with Crippen LogP contribution in [0.2, 0.25) is 0 Å². The zero-order valence-electron chi connectivity index (χ0n) is 12.8. The second-order valence-corrected chi connectivity index (χ2v) is 5.65. The van der Waals surface area contributed by atoms with Crippen LogP contribution < -0.4 is 5.32 Å². The van der Waals surface area contributed by atoms with Crippen LogP contribution in [0.25, 0.3) is 0 Å². The van der Waals surface area contributed by atoms with E-state index in [0.29, 0.717) is 6.42 Å². The highest BCUT2D eigenvalue weighted by atomic mass is 16.3. The van der Waals surface area contributed by atoms with Crippen LogP contribution in [-0.4, -0.2) is 34.4 Å². The number of hydrogen-bond acceptors (Lipinski definition) is 3. The molecule has 0 aromatic heterocycles. The molecule has 0 bridgehead atoms. The fourth-order valence-corrected chi connectivity index (χ4v) is 2.67. The smallest absolute Gasteiger partial charge is 0.244 e. The minimum absolute atomic E-state index is 0.156. The molecule has 1 amide bonds. The number of hydrogen-bond donors (Lipinski definition) is 3. The van der Waals surface area contributed by atoms with Crippen molar-refractivity contribution >= 4 is 5.91 Å². The number of allylic oxidation sites excluding steroid dienone is 5. The van der Waals surface area contributed by atoms with Gasteiger partial charge in [0.05, 0.1) is 18.2 Å². The molecule has 0 heterocycles. The molecule has 0 radical (unpaired) electrons. The summed E-state index contributed by atoms with van der Waals surface area (Å²) in [6.07, 6.45) is 15.5. The molecule has 0 aliphatic heterocycles. The summed E-state index contributed by atoms with van der Waals surface area (Å²) >= 11 is 0. The summed E-state index contributed by atoms with van der Waals surface area (Å²) in [5.74, 6) is -0.251. The second-order valence-electron chi connectivity index (χ2n) is 5.65. The van der Waals surface area contributed by atoms with Gasteiger partial charge in [0.15, 0.2) is 0 Å². The van der Waals surface area contributed by atoms with Gasteiger partial charge in [0.1, 0.15) is 0 Å². The topological polar surface area (TPSA) is 69.6 Å². The van der Waals surface area contributed by atoms with Gasteiger partial charge >= 0.3 is 0 Å². The molecule has 0 aromatic rings. The van der Waals surface area contributed by atoms with Crippen LogP contribution in [-0.2, 0) is 4.79 Å². The summed E-state index contributed by atoms with van der Waals surface area (Å²) in [5.41, 5.74) is -0.742. The molecule has 4 heteroatoms. The van der Waals surface area contributed by atoms with Gasteiger partial charge in [-0.1, -0.05) is 49.6 Å². The van der Waals surface area contributed by atoms with Gasteiger partial charge in [-0.15, -0.1) is 0 Å². The van der Waals surface area contributed by atoms with Gasteiger partial charge < -0.3 is 15.5 Å². The van der Waals surface area contributed by atoms with Crippen molar-refractivity contribution in [2.24, 2.45) is 0 Å². The number of amides is 1. The quantitative estimate of drug-likeness (QED) is 0.498. The fourth-order valence-electron chi connectivity index (χ4n) is 2.67. The summed E-state index contributed by atoms with van der Waals surface area (Å²) in [7, 11) is 0. The summed E-state index contributed by atoms with van der Waals surface area (Å²) in [6.45, 7) is 1.76. The predicted molar refractivity (Wildman–Crippen MR) is 84.8 cm³/mol. The molecule has 0 spiro atoms. The standard InChI is InChI=1S/C17H27NO3/c1-2-3-4-5-7-10-16(20)18-15(14-19)13-17(21)11-8-6-9-12-17/h2-5,7,10,15,19,21H,6,8-9,11-14H2,1H3,(H,18,20)/b3-2+,5-4+,10-7+. The highest BCUT2D eigenvalue weighted by Crippen LogP contribution is 2.31. The minimum Gasteiger partial charge on any atom is -0.394 e. The lowest BCUT2D eigenvalue weighted by atomic mass is 9.80. The van der Waals surface area contributed by atoms with Crippen LogP contribution in [0, 0.1) is 0 Å². The van der Waals surface area contributed by atoms with Crippen molar-refractivity contribution in [2.75, 3.05) is 6.61 Å². The van der Waals surface area contributed by atoms with Crippen LogP contribution in [0.5, 0.6) is 0 Å². The van der Waals surface area contributed by atoms with E-state index in [1.165, 1.54) is 6.08 Å². The molecule has 1 aliphatic rings. The first-order chi connectivity index (χ1) is 10.1. The van der Waals surface area contributed by atoms with Gasteiger partial charge in [-0.25, -0.2) is 0 Å². The number of aliphatic hydroxyl groups is 2. The summed E-state index contributed by atoms with van der Waals surface area (Å²) in [4.78, 5) is 11.7. The zero-order chi connectivity index (χ0) is 15.6. The van der Waals surface area contributed by atoms with E-state index in [-0.39, 0.29) is 12.5 Å². The first-order valence-electron chi connectivity index (χ1n) is 7.69. The average Bonchev–Trinajstić information content (AvgIpc) is 2.47. The third-order valence-electron chi connectivity index (χ3n) is 3.75. The van der Waals surface area contributed by atoms with Crippen molar-refractivity contribution in [2.45, 2.75) is 57.1 Å². The molecular weight excluding hydrogens is 266 g/mol. The van der Waals surface area contributed by atoms with E-state index >= 15 is 0 Å². The number of aliphatic hydroxyl groups excluding tert-OH is 1. The third kappa shape index (κ3) is 7.25. The van der Waals surface area contributed by atoms with Crippen molar-refractivity contribution in [3.05, 3.63) is 36.5 Å². The third-order valence-corrected chi connectivity index (χ3v) is 3.75. The lowest BCUT2D eigenvalue weighted by Crippen LogP contribution is -2.44. The Hall–Kier alpha value is -1.39. The lowest BCUT2D eigenvalue weighted by molar-refractivity contribution is -0.118. The van der Waals surface area contributed by atoms with Crippen LogP contribution in [0.3, 0.4) is 0 Å². The molecule has 1 atom stereocenters. The Labute approximate surface area is 127 Å². The highest BCUT2D eigenvalue weighted by molar-refractivity contribution is 5.88. The highest BCUT2D eigenvalue weighted by Gasteiger charge is 2.32. The van der Waals surface area contributed by atoms with Gasteiger partial charge in [-0.3, -0.25) is 4.79 Å². The van der Waals surface area contributed by atoms with Crippen molar-refractivity contribution in [3.8, 4) is 0 Å². The molecule has 3 N–H and O–H groups in total. The van der Waals surface area contributed by atoms with Gasteiger partial charge in [-0.2, -0.15) is 0 Å². The van der Waals surface area contributed by atoms with Gasteiger partial charge in [-0.05, 0) is 26.2 Å². The van der Waals surface area contributed by atoms with E-state index in [1.54, 1.807) is 12.2 Å². The van der Waals surface area contributed by atoms with Crippen LogP contribution >= 0.6 is 0 Å². The van der Waals surface area contributed by atoms with Gasteiger partial charge in [0.2, 0.25) is 5.91 Å². The maximum absolute atomic E-state index is 11.7. The molecular formula is C17H27NO3. The van der Waals surface area contributed by atoms with Crippen LogP contribution in [0.1, 0.15) is 45.4 Å². The lowest BCUT2D eigenvalue weighted by Gasteiger charge is -2.34. The molecule has 0 saturated heterocycles. The van der Waals surface area contributed by atoms with E-state index in [4.69, 9.17) is 0 Å². The first kappa shape index (κ1) is 17.7. The van der Waals surface area contributed by atoms with Gasteiger partial charge in [0, 0.05) is 6.08 Å². The van der Waals surface area contributed by atoms with E-state index in [2.05, 4.69) is 5.32 Å². The Bertz CT molecular complexity index is 393. The maximum Gasteiger partial charge on any atom is 0.244 e. The van der Waals surface area contributed by atoms with Crippen LogP contribution in [0.15, 0.2) is 36.5 Å². The number of nitrogens with one attached hydrogen (secondary N) is 1. The second kappa shape index (κ2) is 9.53. The van der Waals surface area contributed by atoms with Crippen molar-refractivity contribution < 1.29 is 15.0 Å². The SMILES string of the molecule is C/C=C/C=C/C=C/C(=O)NC(CO)CC1(O)CCCCC1. The largest absolute Gasteiger partial charge is 0.394 e. The molecule has 118 valence electrons. The van der Waals surface area contributed by atoms with E-state index in [9.17, 15) is 15.0 Å². The summed E-state index contributed by atoms with van der Waals surface area (Å²) < 4.78 is 0. The monoisotopic (exact) mass is 293 g/mol. The molecule has 1 rings (SSSR count). The predicted octanol–water partition coefficient (Wildman–Crippen LogP) is 2.24. The average molecular weight is 293 g/mol. The molecule has 4 nitrogen and oxygen atoms in total. The Kier molecular flexibility index (Phi) is 8.01. The molecule has 0 aromatic carbocycles. The first-order valence-corrected chi connectivity index (χ1v) is 7.69. The Morgan fingerprint density at radius 1 is 1.19 bits per heavy atom. The van der Waals surface area contributed by atoms with E-state index < -0.39 is 11.6 Å². The molecule has 1 saturated carbocycles.